The molecule has 0 aromatic heterocycles. The van der Waals surface area contributed by atoms with Gasteiger partial charge >= 0.3 is 5.97 Å². The van der Waals surface area contributed by atoms with Gasteiger partial charge in [-0.15, -0.1) is 0 Å². The second-order valence-electron chi connectivity index (χ2n) is 6.79. The van der Waals surface area contributed by atoms with Crippen LogP contribution in [0.4, 0.5) is 11.4 Å². The molecule has 2 aromatic carbocycles. The van der Waals surface area contributed by atoms with Crippen molar-refractivity contribution in [3.8, 4) is 5.75 Å². The van der Waals surface area contributed by atoms with Gasteiger partial charge in [-0.2, -0.15) is 0 Å². The molecule has 0 radical (unpaired) electrons. The first kappa shape index (κ1) is 21.9. The summed E-state index contributed by atoms with van der Waals surface area (Å²) >= 11 is 0. The van der Waals surface area contributed by atoms with Crippen molar-refractivity contribution in [2.75, 3.05) is 23.8 Å². The molecule has 0 unspecified atom stereocenters. The summed E-state index contributed by atoms with van der Waals surface area (Å²) < 4.78 is 10.3. The zero-order chi connectivity index (χ0) is 21.4. The van der Waals surface area contributed by atoms with Gasteiger partial charge in [0.2, 0.25) is 11.8 Å². The van der Waals surface area contributed by atoms with Crippen LogP contribution in [0.3, 0.4) is 0 Å². The maximum Gasteiger partial charge on any atom is 0.338 e. The zero-order valence-electron chi connectivity index (χ0n) is 17.1. The molecule has 2 amide bonds. The van der Waals surface area contributed by atoms with Crippen LogP contribution in [0, 0.1) is 5.41 Å². The molecule has 0 atom stereocenters. The van der Waals surface area contributed by atoms with Crippen LogP contribution in [0.2, 0.25) is 0 Å². The second kappa shape index (κ2) is 9.73. The lowest BCUT2D eigenvalue weighted by atomic mass is 9.90. The summed E-state index contributed by atoms with van der Waals surface area (Å²) in [6.45, 7) is 7.54. The summed E-state index contributed by atoms with van der Waals surface area (Å²) in [4.78, 5) is 37.0. The van der Waals surface area contributed by atoms with Crippen LogP contribution in [0.5, 0.6) is 5.75 Å². The standard InChI is InChI=1S/C22H26N2O5/c1-5-28-18-13-11-17(12-14-18)24-21(27)22(3,4)20(26)23-16-9-7-15(8-10-16)19(25)29-6-2/h7-14H,5-6H2,1-4H3,(H,23,26)(H,24,27). The van der Waals surface area contributed by atoms with Gasteiger partial charge in [0.25, 0.3) is 0 Å². The van der Waals surface area contributed by atoms with Crippen LogP contribution in [0.15, 0.2) is 48.5 Å². The minimum Gasteiger partial charge on any atom is -0.494 e. The van der Waals surface area contributed by atoms with Crippen LogP contribution in [0.1, 0.15) is 38.1 Å². The predicted molar refractivity (Wildman–Crippen MR) is 111 cm³/mol. The molecule has 0 aliphatic carbocycles. The first-order valence-electron chi connectivity index (χ1n) is 9.40. The quantitative estimate of drug-likeness (QED) is 0.520. The Morgan fingerprint density at radius 3 is 1.72 bits per heavy atom. The largest absolute Gasteiger partial charge is 0.494 e. The van der Waals surface area contributed by atoms with E-state index in [4.69, 9.17) is 9.47 Å². The Morgan fingerprint density at radius 1 is 0.793 bits per heavy atom. The molecule has 2 aromatic rings. The number of ether oxygens (including phenoxy) is 2. The summed E-state index contributed by atoms with van der Waals surface area (Å²) in [7, 11) is 0. The van der Waals surface area contributed by atoms with E-state index in [1.807, 2.05) is 6.92 Å². The van der Waals surface area contributed by atoms with E-state index in [-0.39, 0.29) is 6.61 Å². The summed E-state index contributed by atoms with van der Waals surface area (Å²) in [5, 5.41) is 5.44. The van der Waals surface area contributed by atoms with Gasteiger partial charge in [-0.05, 0) is 76.2 Å². The average molecular weight is 398 g/mol. The molecular formula is C22H26N2O5. The summed E-state index contributed by atoms with van der Waals surface area (Å²) in [6, 6.07) is 13.2. The molecule has 0 aliphatic heterocycles. The van der Waals surface area contributed by atoms with Gasteiger partial charge in [0.05, 0.1) is 18.8 Å². The number of rotatable bonds is 8. The van der Waals surface area contributed by atoms with E-state index >= 15 is 0 Å². The Hall–Kier alpha value is -3.35. The van der Waals surface area contributed by atoms with E-state index in [0.29, 0.717) is 29.3 Å². The number of esters is 1. The second-order valence-corrected chi connectivity index (χ2v) is 6.79. The van der Waals surface area contributed by atoms with Crippen LogP contribution < -0.4 is 15.4 Å². The highest BCUT2D eigenvalue weighted by molar-refractivity contribution is 6.14. The number of carbonyl (C=O) groups is 3. The number of nitrogens with one attached hydrogen (secondary N) is 2. The average Bonchev–Trinajstić information content (AvgIpc) is 2.70. The Bertz CT molecular complexity index is 858. The lowest BCUT2D eigenvalue weighted by molar-refractivity contribution is -0.135. The topological polar surface area (TPSA) is 93.7 Å². The van der Waals surface area contributed by atoms with Crippen molar-refractivity contribution in [1.82, 2.24) is 0 Å². The van der Waals surface area contributed by atoms with Gasteiger partial charge in [0.15, 0.2) is 0 Å². The molecule has 0 saturated carbocycles. The third-order valence-electron chi connectivity index (χ3n) is 4.21. The fourth-order valence-corrected chi connectivity index (χ4v) is 2.38. The van der Waals surface area contributed by atoms with Gasteiger partial charge < -0.3 is 20.1 Å². The Balaban J connectivity index is 2.00. The number of anilines is 2. The molecular weight excluding hydrogens is 372 g/mol. The molecule has 7 nitrogen and oxygen atoms in total. The molecule has 29 heavy (non-hydrogen) atoms. The molecule has 0 aliphatic rings. The summed E-state index contributed by atoms with van der Waals surface area (Å²) in [6.07, 6.45) is 0. The fraction of sp³-hybridized carbons (Fsp3) is 0.318. The van der Waals surface area contributed by atoms with Crippen molar-refractivity contribution in [2.24, 2.45) is 5.41 Å². The monoisotopic (exact) mass is 398 g/mol. The molecule has 2 N–H and O–H groups in total. The lowest BCUT2D eigenvalue weighted by Crippen LogP contribution is -2.41. The molecule has 0 saturated heterocycles. The molecule has 0 spiro atoms. The van der Waals surface area contributed by atoms with Crippen molar-refractivity contribution < 1.29 is 23.9 Å². The van der Waals surface area contributed by atoms with E-state index < -0.39 is 23.2 Å². The summed E-state index contributed by atoms with van der Waals surface area (Å²) in [5.74, 6) is -0.638. The zero-order valence-corrected chi connectivity index (χ0v) is 17.1. The normalized spacial score (nSPS) is 10.8. The first-order valence-corrected chi connectivity index (χ1v) is 9.40. The Labute approximate surface area is 170 Å². The molecule has 0 bridgehead atoms. The predicted octanol–water partition coefficient (Wildman–Crippen LogP) is 3.87. The SMILES string of the molecule is CCOC(=O)c1ccc(NC(=O)C(C)(C)C(=O)Nc2ccc(OCC)cc2)cc1. The summed E-state index contributed by atoms with van der Waals surface area (Å²) in [5.41, 5.74) is 0.110. The van der Waals surface area contributed by atoms with Crippen molar-refractivity contribution in [2.45, 2.75) is 27.7 Å². The van der Waals surface area contributed by atoms with Crippen LogP contribution in [-0.2, 0) is 14.3 Å². The highest BCUT2D eigenvalue weighted by Gasteiger charge is 2.36. The molecule has 2 rings (SSSR count). The molecule has 0 heterocycles. The first-order chi connectivity index (χ1) is 13.8. The van der Waals surface area contributed by atoms with Crippen molar-refractivity contribution in [3.63, 3.8) is 0 Å². The number of hydrogen-bond donors (Lipinski definition) is 2. The minimum absolute atomic E-state index is 0.287. The lowest BCUT2D eigenvalue weighted by Gasteiger charge is -2.23. The van der Waals surface area contributed by atoms with Crippen LogP contribution >= 0.6 is 0 Å². The van der Waals surface area contributed by atoms with Gasteiger partial charge in [-0.3, -0.25) is 9.59 Å². The maximum atomic E-state index is 12.6. The van der Waals surface area contributed by atoms with Gasteiger partial charge in [-0.1, -0.05) is 0 Å². The number of hydrogen-bond acceptors (Lipinski definition) is 5. The number of amides is 2. The highest BCUT2D eigenvalue weighted by Crippen LogP contribution is 2.23. The number of carbonyl (C=O) groups excluding carboxylic acids is 3. The van der Waals surface area contributed by atoms with Crippen LogP contribution in [-0.4, -0.2) is 31.0 Å². The Morgan fingerprint density at radius 2 is 1.28 bits per heavy atom. The van der Waals surface area contributed by atoms with E-state index in [0.717, 1.165) is 0 Å². The smallest absolute Gasteiger partial charge is 0.338 e. The van der Waals surface area contributed by atoms with Gasteiger partial charge in [0, 0.05) is 11.4 Å². The fourth-order valence-electron chi connectivity index (χ4n) is 2.38. The van der Waals surface area contributed by atoms with E-state index in [2.05, 4.69) is 10.6 Å². The van der Waals surface area contributed by atoms with Gasteiger partial charge in [0.1, 0.15) is 11.2 Å². The molecule has 7 heteroatoms. The third-order valence-corrected chi connectivity index (χ3v) is 4.21. The van der Waals surface area contributed by atoms with Crippen molar-refractivity contribution >= 4 is 29.2 Å². The maximum absolute atomic E-state index is 12.6. The molecule has 0 fully saturated rings. The minimum atomic E-state index is -1.32. The van der Waals surface area contributed by atoms with Gasteiger partial charge in [-0.25, -0.2) is 4.79 Å². The van der Waals surface area contributed by atoms with Crippen LogP contribution in [0.25, 0.3) is 0 Å². The highest BCUT2D eigenvalue weighted by atomic mass is 16.5. The van der Waals surface area contributed by atoms with E-state index in [1.165, 1.54) is 0 Å². The van der Waals surface area contributed by atoms with Crippen molar-refractivity contribution in [1.29, 1.82) is 0 Å². The Kier molecular flexibility index (Phi) is 7.36. The van der Waals surface area contributed by atoms with E-state index in [9.17, 15) is 14.4 Å². The molecule has 154 valence electrons. The van der Waals surface area contributed by atoms with E-state index in [1.54, 1.807) is 69.3 Å². The van der Waals surface area contributed by atoms with Crippen molar-refractivity contribution in [3.05, 3.63) is 54.1 Å². The third kappa shape index (κ3) is 5.81. The number of benzene rings is 2.